The molecule has 2 heterocycles. The van der Waals surface area contributed by atoms with Gasteiger partial charge in [0.1, 0.15) is 10.9 Å². The second-order valence-electron chi connectivity index (χ2n) is 8.33. The Labute approximate surface area is 196 Å². The van der Waals surface area contributed by atoms with Crippen molar-refractivity contribution in [2.45, 2.75) is 49.7 Å². The molecular formula is C21H26ClF3N4O3S. The Hall–Kier alpha value is -2.11. The number of alkyl halides is 3. The van der Waals surface area contributed by atoms with Gasteiger partial charge in [0, 0.05) is 31.4 Å². The lowest BCUT2D eigenvalue weighted by atomic mass is 9.98. The molecule has 182 valence electrons. The molecule has 7 nitrogen and oxygen atoms in total. The van der Waals surface area contributed by atoms with E-state index in [2.05, 4.69) is 16.7 Å². The molecule has 3 rings (SSSR count). The molecule has 1 atom stereocenters. The molecule has 1 aromatic carbocycles. The van der Waals surface area contributed by atoms with E-state index in [0.29, 0.717) is 29.6 Å². The summed E-state index contributed by atoms with van der Waals surface area (Å²) in [6.45, 7) is 3.00. The highest BCUT2D eigenvalue weighted by Crippen LogP contribution is 2.33. The van der Waals surface area contributed by atoms with E-state index in [1.165, 1.54) is 7.05 Å². The van der Waals surface area contributed by atoms with Crippen LogP contribution in [0.15, 0.2) is 35.4 Å². The van der Waals surface area contributed by atoms with Gasteiger partial charge < -0.3 is 4.90 Å². The highest BCUT2D eigenvalue weighted by atomic mass is 35.5. The molecule has 0 bridgehead atoms. The third kappa shape index (κ3) is 6.27. The standard InChI is InChI=1S/C21H26ClF3N4O3S/c1-14-9-11-29(12-10-14)20(30)17(8-7-15-5-3-4-6-16(15)22)27-33(31,32)18-13-28(2)26-19(18)21(23,24)25/h3-6,13-14,17,27H,7-12H2,1-2H3. The smallest absolute Gasteiger partial charge is 0.341 e. The highest BCUT2D eigenvalue weighted by Gasteiger charge is 2.42. The predicted octanol–water partition coefficient (Wildman–Crippen LogP) is 3.63. The van der Waals surface area contributed by atoms with Gasteiger partial charge in [-0.25, -0.2) is 8.42 Å². The summed E-state index contributed by atoms with van der Waals surface area (Å²) in [7, 11) is -3.50. The van der Waals surface area contributed by atoms with E-state index in [9.17, 15) is 26.4 Å². The molecule has 0 aliphatic carbocycles. The molecular weight excluding hydrogens is 481 g/mol. The van der Waals surface area contributed by atoms with Crippen LogP contribution in [0.2, 0.25) is 5.02 Å². The lowest BCUT2D eigenvalue weighted by molar-refractivity contribution is -0.143. The van der Waals surface area contributed by atoms with E-state index in [1.807, 2.05) is 0 Å². The van der Waals surface area contributed by atoms with Gasteiger partial charge in [0.05, 0.1) is 0 Å². The van der Waals surface area contributed by atoms with Crippen LogP contribution in [0.3, 0.4) is 0 Å². The molecule has 1 aromatic heterocycles. The van der Waals surface area contributed by atoms with Crippen LogP contribution in [-0.4, -0.2) is 48.1 Å². The number of rotatable bonds is 7. The van der Waals surface area contributed by atoms with Crippen molar-refractivity contribution < 1.29 is 26.4 Å². The van der Waals surface area contributed by atoms with Crippen molar-refractivity contribution >= 4 is 27.5 Å². The number of aryl methyl sites for hydroxylation is 2. The SMILES string of the molecule is CC1CCN(C(=O)C(CCc2ccccc2Cl)NS(=O)(=O)c2cn(C)nc2C(F)(F)F)CC1. The van der Waals surface area contributed by atoms with E-state index in [4.69, 9.17) is 11.6 Å². The van der Waals surface area contributed by atoms with E-state index < -0.39 is 38.7 Å². The maximum absolute atomic E-state index is 13.4. The van der Waals surface area contributed by atoms with Gasteiger partial charge in [0.15, 0.2) is 5.69 Å². The number of nitrogens with zero attached hydrogens (tertiary/aromatic N) is 3. The van der Waals surface area contributed by atoms with Crippen LogP contribution in [0, 0.1) is 5.92 Å². The minimum atomic E-state index is -4.97. The number of piperidine rings is 1. The number of carbonyl (C=O) groups is 1. The zero-order valence-electron chi connectivity index (χ0n) is 18.3. The van der Waals surface area contributed by atoms with E-state index in [-0.39, 0.29) is 12.8 Å². The summed E-state index contributed by atoms with van der Waals surface area (Å²) in [5.74, 6) is -0.0213. The summed E-state index contributed by atoms with van der Waals surface area (Å²) in [5.41, 5.74) is -0.817. The Kier molecular flexibility index (Phi) is 7.75. The summed E-state index contributed by atoms with van der Waals surface area (Å²) in [4.78, 5) is 13.8. The average molecular weight is 507 g/mol. The van der Waals surface area contributed by atoms with E-state index in [0.717, 1.165) is 23.7 Å². The molecule has 0 radical (unpaired) electrons. The minimum absolute atomic E-state index is 0.0372. The monoisotopic (exact) mass is 506 g/mol. The maximum Gasteiger partial charge on any atom is 0.436 e. The predicted molar refractivity (Wildman–Crippen MR) is 117 cm³/mol. The van der Waals surface area contributed by atoms with Gasteiger partial charge in [-0.15, -0.1) is 0 Å². The molecule has 1 N–H and O–H groups in total. The minimum Gasteiger partial charge on any atom is -0.341 e. The molecule has 1 fully saturated rings. The number of hydrogen-bond acceptors (Lipinski definition) is 4. The van der Waals surface area contributed by atoms with Gasteiger partial charge in [-0.2, -0.15) is 23.0 Å². The zero-order chi connectivity index (χ0) is 24.4. The molecule has 1 amide bonds. The van der Waals surface area contributed by atoms with Crippen molar-refractivity contribution in [3.8, 4) is 0 Å². The fraction of sp³-hybridized carbons (Fsp3) is 0.524. The molecule has 12 heteroatoms. The number of benzene rings is 1. The van der Waals surface area contributed by atoms with Gasteiger partial charge >= 0.3 is 6.18 Å². The third-order valence-corrected chi connectivity index (χ3v) is 7.55. The van der Waals surface area contributed by atoms with Crippen molar-refractivity contribution in [3.63, 3.8) is 0 Å². The van der Waals surface area contributed by atoms with Crippen molar-refractivity contribution in [2.24, 2.45) is 13.0 Å². The molecule has 0 spiro atoms. The quantitative estimate of drug-likeness (QED) is 0.621. The molecule has 33 heavy (non-hydrogen) atoms. The number of sulfonamides is 1. The van der Waals surface area contributed by atoms with Crippen LogP contribution in [-0.2, 0) is 34.5 Å². The van der Waals surface area contributed by atoms with Gasteiger partial charge in [-0.1, -0.05) is 36.7 Å². The number of likely N-dealkylation sites (tertiary alicyclic amines) is 1. The van der Waals surface area contributed by atoms with Crippen molar-refractivity contribution in [3.05, 3.63) is 46.7 Å². The van der Waals surface area contributed by atoms with Gasteiger partial charge in [-0.05, 0) is 43.2 Å². The first-order valence-electron chi connectivity index (χ1n) is 10.5. The number of nitrogens with one attached hydrogen (secondary N) is 1. The van der Waals surface area contributed by atoms with Crippen LogP contribution >= 0.6 is 11.6 Å². The highest BCUT2D eigenvalue weighted by molar-refractivity contribution is 7.89. The normalized spacial score (nSPS) is 16.7. The largest absolute Gasteiger partial charge is 0.436 e. The molecule has 2 aromatic rings. The lowest BCUT2D eigenvalue weighted by Crippen LogP contribution is -2.50. The summed E-state index contributed by atoms with van der Waals surface area (Å²) >= 11 is 6.18. The summed E-state index contributed by atoms with van der Waals surface area (Å²) in [6.07, 6.45) is -2.33. The Morgan fingerprint density at radius 1 is 1.27 bits per heavy atom. The van der Waals surface area contributed by atoms with Crippen molar-refractivity contribution in [1.29, 1.82) is 0 Å². The lowest BCUT2D eigenvalue weighted by Gasteiger charge is -2.33. The van der Waals surface area contributed by atoms with E-state index in [1.54, 1.807) is 29.2 Å². The number of amides is 1. The number of aromatic nitrogens is 2. The van der Waals surface area contributed by atoms with Crippen molar-refractivity contribution in [1.82, 2.24) is 19.4 Å². The maximum atomic E-state index is 13.4. The first-order valence-corrected chi connectivity index (χ1v) is 12.4. The first kappa shape index (κ1) is 25.5. The third-order valence-electron chi connectivity index (χ3n) is 5.70. The van der Waals surface area contributed by atoms with Crippen LogP contribution < -0.4 is 4.72 Å². The topological polar surface area (TPSA) is 84.3 Å². The summed E-state index contributed by atoms with van der Waals surface area (Å²) < 4.78 is 69.1. The van der Waals surface area contributed by atoms with Crippen LogP contribution in [0.1, 0.15) is 37.4 Å². The Bertz CT molecular complexity index is 1100. The summed E-state index contributed by atoms with van der Waals surface area (Å²) in [6, 6.07) is 5.69. The Morgan fingerprint density at radius 2 is 1.91 bits per heavy atom. The van der Waals surface area contributed by atoms with Crippen LogP contribution in [0.4, 0.5) is 13.2 Å². The van der Waals surface area contributed by atoms with Crippen LogP contribution in [0.25, 0.3) is 0 Å². The van der Waals surface area contributed by atoms with Gasteiger partial charge in [-0.3, -0.25) is 9.48 Å². The van der Waals surface area contributed by atoms with Crippen molar-refractivity contribution in [2.75, 3.05) is 13.1 Å². The zero-order valence-corrected chi connectivity index (χ0v) is 19.8. The molecule has 1 aliphatic heterocycles. The fourth-order valence-electron chi connectivity index (χ4n) is 3.79. The second kappa shape index (κ2) is 10.0. The number of carbonyl (C=O) groups excluding carboxylic acids is 1. The number of hydrogen-bond donors (Lipinski definition) is 1. The van der Waals surface area contributed by atoms with E-state index >= 15 is 0 Å². The Balaban J connectivity index is 1.88. The fourth-order valence-corrected chi connectivity index (χ4v) is 5.45. The molecule has 1 saturated heterocycles. The second-order valence-corrected chi connectivity index (χ2v) is 10.4. The number of halogens is 4. The van der Waals surface area contributed by atoms with Gasteiger partial charge in [0.25, 0.3) is 0 Å². The Morgan fingerprint density at radius 3 is 2.52 bits per heavy atom. The van der Waals surface area contributed by atoms with Gasteiger partial charge in [0.2, 0.25) is 15.9 Å². The van der Waals surface area contributed by atoms with Crippen LogP contribution in [0.5, 0.6) is 0 Å². The molecule has 1 aliphatic rings. The first-order chi connectivity index (χ1) is 15.4. The molecule has 1 unspecified atom stereocenters. The average Bonchev–Trinajstić information content (AvgIpc) is 3.15. The summed E-state index contributed by atoms with van der Waals surface area (Å²) in [5, 5.41) is 3.73. The molecule has 0 saturated carbocycles.